The second-order valence-corrected chi connectivity index (χ2v) is 7.31. The molecule has 1 aliphatic heterocycles. The number of rotatable bonds is 0. The lowest BCUT2D eigenvalue weighted by Gasteiger charge is -2.43. The summed E-state index contributed by atoms with van der Waals surface area (Å²) in [7, 11) is 0. The number of amidine groups is 1. The molecule has 0 amide bonds. The molecule has 0 aromatic heterocycles. The van der Waals surface area contributed by atoms with Gasteiger partial charge in [-0.15, -0.1) is 0 Å². The van der Waals surface area contributed by atoms with Crippen LogP contribution in [0, 0.1) is 5.41 Å². The first-order chi connectivity index (χ1) is 7.21. The van der Waals surface area contributed by atoms with Crippen LogP contribution in [-0.4, -0.2) is 28.4 Å². The van der Waals surface area contributed by atoms with Crippen molar-refractivity contribution in [2.24, 2.45) is 10.4 Å². The minimum absolute atomic E-state index is 0.178. The van der Waals surface area contributed by atoms with Gasteiger partial charge in [-0.1, -0.05) is 20.8 Å². The Balaban J connectivity index is 2.36. The summed E-state index contributed by atoms with van der Waals surface area (Å²) in [5, 5.41) is 0. The van der Waals surface area contributed by atoms with E-state index >= 15 is 0 Å². The van der Waals surface area contributed by atoms with Crippen molar-refractivity contribution in [3.63, 3.8) is 0 Å². The lowest BCUT2D eigenvalue weighted by molar-refractivity contribution is 0.172. The quantitative estimate of drug-likeness (QED) is 0.613. The molecule has 0 aromatic rings. The first-order valence-corrected chi connectivity index (χ1v) is 6.59. The molecule has 2 heteroatoms. The maximum absolute atomic E-state index is 5.01. The predicted octanol–water partition coefficient (Wildman–Crippen LogP) is 3.47. The average molecular weight is 222 g/mol. The molecule has 0 spiro atoms. The zero-order chi connectivity index (χ0) is 12.1. The van der Waals surface area contributed by atoms with Crippen LogP contribution in [0.25, 0.3) is 0 Å². The van der Waals surface area contributed by atoms with E-state index in [9.17, 15) is 0 Å². The molecule has 2 atom stereocenters. The Bertz CT molecular complexity index is 304. The molecule has 2 unspecified atom stereocenters. The fourth-order valence-electron chi connectivity index (χ4n) is 3.12. The van der Waals surface area contributed by atoms with E-state index in [4.69, 9.17) is 4.99 Å². The Morgan fingerprint density at radius 3 is 2.19 bits per heavy atom. The minimum Gasteiger partial charge on any atom is -0.350 e. The summed E-state index contributed by atoms with van der Waals surface area (Å²) in [5.74, 6) is 1.33. The predicted molar refractivity (Wildman–Crippen MR) is 69.9 cm³/mol. The van der Waals surface area contributed by atoms with Crippen LogP contribution in [0.1, 0.15) is 60.8 Å². The van der Waals surface area contributed by atoms with E-state index in [-0.39, 0.29) is 11.0 Å². The van der Waals surface area contributed by atoms with Gasteiger partial charge in [-0.3, -0.25) is 4.99 Å². The fraction of sp³-hybridized carbons (Fsp3) is 0.929. The van der Waals surface area contributed by atoms with E-state index < -0.39 is 0 Å². The van der Waals surface area contributed by atoms with Crippen LogP contribution in [0.2, 0.25) is 0 Å². The van der Waals surface area contributed by atoms with Crippen molar-refractivity contribution in [1.29, 1.82) is 0 Å². The highest BCUT2D eigenvalue weighted by molar-refractivity contribution is 5.90. The summed E-state index contributed by atoms with van der Waals surface area (Å²) in [6, 6.07) is 1.25. The molecule has 2 aliphatic rings. The zero-order valence-electron chi connectivity index (χ0n) is 11.7. The average Bonchev–Trinajstić information content (AvgIpc) is 2.53. The topological polar surface area (TPSA) is 15.6 Å². The molecule has 1 aliphatic carbocycles. The van der Waals surface area contributed by atoms with Gasteiger partial charge in [-0.25, -0.2) is 0 Å². The first kappa shape index (κ1) is 11.9. The van der Waals surface area contributed by atoms with E-state index in [0.29, 0.717) is 12.1 Å². The van der Waals surface area contributed by atoms with Crippen LogP contribution < -0.4 is 0 Å². The lowest BCUT2D eigenvalue weighted by atomic mass is 9.90. The number of nitrogens with zero attached hydrogens (tertiary/aromatic N) is 2. The van der Waals surface area contributed by atoms with Crippen molar-refractivity contribution in [1.82, 2.24) is 4.90 Å². The highest BCUT2D eigenvalue weighted by Crippen LogP contribution is 2.40. The normalized spacial score (nSPS) is 30.6. The van der Waals surface area contributed by atoms with Crippen molar-refractivity contribution < 1.29 is 0 Å². The largest absolute Gasteiger partial charge is 0.350 e. The Morgan fingerprint density at radius 1 is 1.06 bits per heavy atom. The maximum atomic E-state index is 5.01. The van der Waals surface area contributed by atoms with Crippen molar-refractivity contribution in [2.45, 2.75) is 78.4 Å². The van der Waals surface area contributed by atoms with Crippen LogP contribution in [0.15, 0.2) is 4.99 Å². The van der Waals surface area contributed by atoms with E-state index in [1.165, 1.54) is 25.1 Å². The number of fused-ring (bicyclic) bond motifs is 1. The molecule has 92 valence electrons. The molecule has 0 aromatic carbocycles. The lowest BCUT2D eigenvalue weighted by Crippen LogP contribution is -2.52. The second-order valence-electron chi connectivity index (χ2n) is 7.31. The summed E-state index contributed by atoms with van der Waals surface area (Å²) in [6.07, 6.45) is 3.96. The summed E-state index contributed by atoms with van der Waals surface area (Å²) in [4.78, 5) is 7.61. The number of aliphatic imine (C=N–C) groups is 1. The van der Waals surface area contributed by atoms with Crippen LogP contribution in [0.4, 0.5) is 0 Å². The maximum Gasteiger partial charge on any atom is 0.105 e. The van der Waals surface area contributed by atoms with Gasteiger partial charge in [-0.2, -0.15) is 0 Å². The van der Waals surface area contributed by atoms with Crippen molar-refractivity contribution in [2.75, 3.05) is 0 Å². The van der Waals surface area contributed by atoms with Crippen molar-refractivity contribution >= 4 is 5.84 Å². The summed E-state index contributed by atoms with van der Waals surface area (Å²) >= 11 is 0. The molecule has 16 heavy (non-hydrogen) atoms. The van der Waals surface area contributed by atoms with Crippen LogP contribution >= 0.6 is 0 Å². The van der Waals surface area contributed by atoms with E-state index in [1.54, 1.807) is 0 Å². The molecular formula is C14H26N2. The molecule has 1 fully saturated rings. The van der Waals surface area contributed by atoms with Gasteiger partial charge in [0.2, 0.25) is 0 Å². The molecule has 0 N–H and O–H groups in total. The SMILES string of the molecule is CC(C)(C)C1=NC2CCCC2N1C(C)(C)C. The Kier molecular flexibility index (Phi) is 2.60. The van der Waals surface area contributed by atoms with Gasteiger partial charge in [0.05, 0.1) is 12.1 Å². The second kappa shape index (κ2) is 3.48. The van der Waals surface area contributed by atoms with Crippen LogP contribution in [0.3, 0.4) is 0 Å². The monoisotopic (exact) mass is 222 g/mol. The number of hydrogen-bond acceptors (Lipinski definition) is 2. The summed E-state index contributed by atoms with van der Waals surface area (Å²) in [6.45, 7) is 13.8. The van der Waals surface area contributed by atoms with Crippen molar-refractivity contribution in [3.8, 4) is 0 Å². The minimum atomic E-state index is 0.178. The van der Waals surface area contributed by atoms with Gasteiger partial charge in [0.25, 0.3) is 0 Å². The van der Waals surface area contributed by atoms with Gasteiger partial charge >= 0.3 is 0 Å². The Morgan fingerprint density at radius 2 is 1.69 bits per heavy atom. The van der Waals surface area contributed by atoms with Gasteiger partial charge in [0, 0.05) is 11.0 Å². The highest BCUT2D eigenvalue weighted by Gasteiger charge is 2.46. The smallest absolute Gasteiger partial charge is 0.105 e. The third kappa shape index (κ3) is 1.87. The van der Waals surface area contributed by atoms with Gasteiger partial charge in [-0.05, 0) is 40.0 Å². The summed E-state index contributed by atoms with van der Waals surface area (Å²) in [5.41, 5.74) is 0.382. The van der Waals surface area contributed by atoms with Gasteiger partial charge in [0.1, 0.15) is 5.84 Å². The molecule has 0 radical (unpaired) electrons. The van der Waals surface area contributed by atoms with Crippen LogP contribution in [-0.2, 0) is 0 Å². The number of hydrogen-bond donors (Lipinski definition) is 0. The molecule has 0 saturated heterocycles. The third-order valence-electron chi connectivity index (χ3n) is 3.69. The standard InChI is InChI=1S/C14H26N2/c1-13(2,3)12-15-10-8-7-9-11(10)16(12)14(4,5)6/h10-11H,7-9H2,1-6H3. The molecule has 2 rings (SSSR count). The third-order valence-corrected chi connectivity index (χ3v) is 3.69. The molecule has 2 nitrogen and oxygen atoms in total. The zero-order valence-corrected chi connectivity index (χ0v) is 11.7. The van der Waals surface area contributed by atoms with Gasteiger partial charge in [0.15, 0.2) is 0 Å². The van der Waals surface area contributed by atoms with E-state index in [2.05, 4.69) is 46.4 Å². The van der Waals surface area contributed by atoms with E-state index in [0.717, 1.165) is 0 Å². The van der Waals surface area contributed by atoms with E-state index in [1.807, 2.05) is 0 Å². The highest BCUT2D eigenvalue weighted by atomic mass is 15.3. The first-order valence-electron chi connectivity index (χ1n) is 6.59. The van der Waals surface area contributed by atoms with Crippen molar-refractivity contribution in [3.05, 3.63) is 0 Å². The van der Waals surface area contributed by atoms with Gasteiger partial charge < -0.3 is 4.90 Å². The van der Waals surface area contributed by atoms with Crippen LogP contribution in [0.5, 0.6) is 0 Å². The molecule has 0 bridgehead atoms. The fourth-order valence-corrected chi connectivity index (χ4v) is 3.12. The Hall–Kier alpha value is -0.530. The molecular weight excluding hydrogens is 196 g/mol. The summed E-state index contributed by atoms with van der Waals surface area (Å²) < 4.78 is 0. The molecule has 1 saturated carbocycles. The Labute approximate surface area is 100 Å². The molecule has 1 heterocycles.